The molecule has 0 unspecified atom stereocenters. The van der Waals surface area contributed by atoms with E-state index >= 15 is 0 Å². The number of amides is 1. The van der Waals surface area contributed by atoms with Crippen molar-refractivity contribution >= 4 is 17.2 Å². The smallest absolute Gasteiger partial charge is 0.271 e. The second-order valence-corrected chi connectivity index (χ2v) is 6.90. The monoisotopic (exact) mass is 370 g/mol. The molecule has 3 rings (SSSR count). The van der Waals surface area contributed by atoms with E-state index in [4.69, 9.17) is 4.74 Å². The first-order valence-electron chi connectivity index (χ1n) is 8.26. The third kappa shape index (κ3) is 4.67. The number of nitrogens with zero attached hydrogens (tertiary/aromatic N) is 1. The van der Waals surface area contributed by atoms with Gasteiger partial charge in [0, 0.05) is 17.5 Å². The van der Waals surface area contributed by atoms with E-state index in [9.17, 15) is 9.18 Å². The predicted molar refractivity (Wildman–Crippen MR) is 101 cm³/mol. The third-order valence-electron chi connectivity index (χ3n) is 3.56. The average Bonchev–Trinajstić information content (AvgIpc) is 3.11. The number of benzene rings is 2. The van der Waals surface area contributed by atoms with E-state index in [0.29, 0.717) is 12.2 Å². The maximum Gasteiger partial charge on any atom is 0.271 e. The van der Waals surface area contributed by atoms with Crippen LogP contribution in [0, 0.1) is 5.82 Å². The number of hydrogen-bond acceptors (Lipinski definition) is 4. The second-order valence-electron chi connectivity index (χ2n) is 6.04. The second kappa shape index (κ2) is 8.10. The Morgan fingerprint density at radius 3 is 2.73 bits per heavy atom. The maximum atomic E-state index is 12.9. The van der Waals surface area contributed by atoms with E-state index in [-0.39, 0.29) is 17.8 Å². The predicted octanol–water partition coefficient (Wildman–Crippen LogP) is 4.67. The van der Waals surface area contributed by atoms with Crippen LogP contribution >= 0.6 is 11.3 Å². The fourth-order valence-corrected chi connectivity index (χ4v) is 3.16. The standard InChI is InChI=1S/C20H19FN2O2S/c1-13(2)25-17-5-3-4-15(10-17)20-23-18(12-26-20)19(24)22-11-14-6-8-16(21)9-7-14/h3-10,12-13H,11H2,1-2H3,(H,22,24). The lowest BCUT2D eigenvalue weighted by molar-refractivity contribution is 0.0946. The highest BCUT2D eigenvalue weighted by Gasteiger charge is 2.12. The first-order chi connectivity index (χ1) is 12.5. The Morgan fingerprint density at radius 1 is 1.23 bits per heavy atom. The molecule has 1 aromatic heterocycles. The number of carbonyl (C=O) groups excluding carboxylic acids is 1. The Kier molecular flexibility index (Phi) is 5.63. The highest BCUT2D eigenvalue weighted by atomic mass is 32.1. The fourth-order valence-electron chi connectivity index (χ4n) is 2.36. The van der Waals surface area contributed by atoms with Gasteiger partial charge >= 0.3 is 0 Å². The molecule has 0 saturated heterocycles. The summed E-state index contributed by atoms with van der Waals surface area (Å²) in [4.78, 5) is 16.7. The van der Waals surface area contributed by atoms with Gasteiger partial charge in [0.15, 0.2) is 0 Å². The maximum absolute atomic E-state index is 12.9. The molecule has 0 bridgehead atoms. The Balaban J connectivity index is 1.67. The molecule has 3 aromatic rings. The minimum absolute atomic E-state index is 0.0920. The molecule has 0 radical (unpaired) electrons. The zero-order valence-corrected chi connectivity index (χ0v) is 15.3. The lowest BCUT2D eigenvalue weighted by Gasteiger charge is -2.10. The third-order valence-corrected chi connectivity index (χ3v) is 4.45. The van der Waals surface area contributed by atoms with Crippen LogP contribution in [0.1, 0.15) is 29.9 Å². The Morgan fingerprint density at radius 2 is 2.00 bits per heavy atom. The summed E-state index contributed by atoms with van der Waals surface area (Å²) in [5.41, 5.74) is 2.10. The molecule has 0 aliphatic rings. The minimum Gasteiger partial charge on any atom is -0.491 e. The van der Waals surface area contributed by atoms with Crippen LogP contribution in [-0.2, 0) is 6.54 Å². The molecule has 1 heterocycles. The lowest BCUT2D eigenvalue weighted by atomic mass is 10.2. The Labute approximate surface area is 155 Å². The SMILES string of the molecule is CC(C)Oc1cccc(-c2nc(C(=O)NCc3ccc(F)cc3)cs2)c1. The molecule has 0 aliphatic carbocycles. The van der Waals surface area contributed by atoms with Gasteiger partial charge in [0.2, 0.25) is 0 Å². The van der Waals surface area contributed by atoms with Crippen LogP contribution < -0.4 is 10.1 Å². The van der Waals surface area contributed by atoms with E-state index in [1.807, 2.05) is 38.1 Å². The number of rotatable bonds is 6. The molecule has 0 saturated carbocycles. The topological polar surface area (TPSA) is 51.2 Å². The summed E-state index contributed by atoms with van der Waals surface area (Å²) in [6.45, 7) is 4.27. The van der Waals surface area contributed by atoms with Crippen molar-refractivity contribution in [2.24, 2.45) is 0 Å². The van der Waals surface area contributed by atoms with Gasteiger partial charge in [-0.25, -0.2) is 9.37 Å². The van der Waals surface area contributed by atoms with Gasteiger partial charge in [0.1, 0.15) is 22.3 Å². The molecule has 1 amide bonds. The molecular formula is C20H19FN2O2S. The van der Waals surface area contributed by atoms with Gasteiger partial charge in [-0.1, -0.05) is 24.3 Å². The largest absolute Gasteiger partial charge is 0.491 e. The van der Waals surface area contributed by atoms with E-state index in [1.165, 1.54) is 23.5 Å². The first kappa shape index (κ1) is 18.1. The van der Waals surface area contributed by atoms with E-state index < -0.39 is 0 Å². The van der Waals surface area contributed by atoms with Crippen LogP contribution in [0.3, 0.4) is 0 Å². The summed E-state index contributed by atoms with van der Waals surface area (Å²) in [5, 5.41) is 5.28. The van der Waals surface area contributed by atoms with Crippen LogP contribution in [0.2, 0.25) is 0 Å². The van der Waals surface area contributed by atoms with Crippen molar-refractivity contribution in [3.63, 3.8) is 0 Å². The molecule has 134 valence electrons. The van der Waals surface area contributed by atoms with Gasteiger partial charge in [-0.15, -0.1) is 11.3 Å². The van der Waals surface area contributed by atoms with Crippen molar-refractivity contribution in [3.8, 4) is 16.3 Å². The quantitative estimate of drug-likeness (QED) is 0.686. The van der Waals surface area contributed by atoms with Gasteiger partial charge < -0.3 is 10.1 Å². The fraction of sp³-hybridized carbons (Fsp3) is 0.200. The van der Waals surface area contributed by atoms with Gasteiger partial charge in [0.25, 0.3) is 5.91 Å². The average molecular weight is 370 g/mol. The molecular weight excluding hydrogens is 351 g/mol. The van der Waals surface area contributed by atoms with Gasteiger partial charge in [-0.05, 0) is 43.7 Å². The summed E-state index contributed by atoms with van der Waals surface area (Å²) in [6.07, 6.45) is 0.0920. The van der Waals surface area contributed by atoms with Crippen molar-refractivity contribution in [1.29, 1.82) is 0 Å². The molecule has 6 heteroatoms. The molecule has 0 fully saturated rings. The van der Waals surface area contributed by atoms with Gasteiger partial charge in [-0.2, -0.15) is 0 Å². The number of halogens is 1. The zero-order valence-electron chi connectivity index (χ0n) is 14.5. The van der Waals surface area contributed by atoms with E-state index in [1.54, 1.807) is 17.5 Å². The van der Waals surface area contributed by atoms with Crippen LogP contribution in [0.15, 0.2) is 53.9 Å². The number of ether oxygens (including phenoxy) is 1. The first-order valence-corrected chi connectivity index (χ1v) is 9.14. The number of carbonyl (C=O) groups is 1. The number of hydrogen-bond donors (Lipinski definition) is 1. The minimum atomic E-state index is -0.298. The van der Waals surface area contributed by atoms with Gasteiger partial charge in [0.05, 0.1) is 6.10 Å². The van der Waals surface area contributed by atoms with Crippen LogP contribution in [0.4, 0.5) is 4.39 Å². The molecule has 26 heavy (non-hydrogen) atoms. The van der Waals surface area contributed by atoms with Crippen molar-refractivity contribution in [2.75, 3.05) is 0 Å². The van der Waals surface area contributed by atoms with E-state index in [0.717, 1.165) is 21.9 Å². The molecule has 0 atom stereocenters. The van der Waals surface area contributed by atoms with Crippen LogP contribution in [0.25, 0.3) is 10.6 Å². The van der Waals surface area contributed by atoms with Crippen LogP contribution in [-0.4, -0.2) is 17.0 Å². The molecule has 4 nitrogen and oxygen atoms in total. The summed E-state index contributed by atoms with van der Waals surface area (Å²) >= 11 is 1.41. The number of aromatic nitrogens is 1. The zero-order chi connectivity index (χ0) is 18.5. The summed E-state index contributed by atoms with van der Waals surface area (Å²) in [5.74, 6) is 0.217. The summed E-state index contributed by atoms with van der Waals surface area (Å²) in [6, 6.07) is 13.7. The highest BCUT2D eigenvalue weighted by Crippen LogP contribution is 2.27. The van der Waals surface area contributed by atoms with Gasteiger partial charge in [-0.3, -0.25) is 4.79 Å². The van der Waals surface area contributed by atoms with Crippen molar-refractivity contribution in [3.05, 3.63) is 71.0 Å². The molecule has 0 aliphatic heterocycles. The van der Waals surface area contributed by atoms with Crippen LogP contribution in [0.5, 0.6) is 5.75 Å². The Bertz CT molecular complexity index is 891. The number of thiazole rings is 1. The highest BCUT2D eigenvalue weighted by molar-refractivity contribution is 7.13. The summed E-state index contributed by atoms with van der Waals surface area (Å²) in [7, 11) is 0. The van der Waals surface area contributed by atoms with Crippen molar-refractivity contribution in [2.45, 2.75) is 26.5 Å². The molecule has 2 aromatic carbocycles. The normalized spacial score (nSPS) is 10.8. The summed E-state index contributed by atoms with van der Waals surface area (Å²) < 4.78 is 18.6. The van der Waals surface area contributed by atoms with E-state index in [2.05, 4.69) is 10.3 Å². The molecule has 0 spiro atoms. The lowest BCUT2D eigenvalue weighted by Crippen LogP contribution is -2.23. The van der Waals surface area contributed by atoms with Crippen molar-refractivity contribution < 1.29 is 13.9 Å². The number of nitrogens with one attached hydrogen (secondary N) is 1. The van der Waals surface area contributed by atoms with Crippen molar-refractivity contribution in [1.82, 2.24) is 10.3 Å². The Hall–Kier alpha value is -2.73. The molecule has 1 N–H and O–H groups in total.